The number of nitrogens with zero attached hydrogens (tertiary/aromatic N) is 3. The Morgan fingerprint density at radius 1 is 1.17 bits per heavy atom. The van der Waals surface area contributed by atoms with E-state index in [0.717, 1.165) is 4.57 Å². The maximum absolute atomic E-state index is 14.1. The molecule has 0 amide bonds. The number of oxazole rings is 1. The number of aromatic nitrogens is 3. The first-order chi connectivity index (χ1) is 16.5. The molecule has 4 rings (SSSR count). The van der Waals surface area contributed by atoms with Gasteiger partial charge in [0.25, 0.3) is 0 Å². The van der Waals surface area contributed by atoms with Crippen LogP contribution in [-0.4, -0.2) is 31.4 Å². The van der Waals surface area contributed by atoms with Gasteiger partial charge in [0.05, 0.1) is 12.6 Å². The van der Waals surface area contributed by atoms with Gasteiger partial charge in [0, 0.05) is 29.2 Å². The Kier molecular flexibility index (Phi) is 8.57. The number of phosphoric acid groups is 1. The van der Waals surface area contributed by atoms with Crippen LogP contribution >= 0.6 is 7.82 Å². The van der Waals surface area contributed by atoms with Crippen LogP contribution in [0.5, 0.6) is 5.75 Å². The van der Waals surface area contributed by atoms with Crippen molar-refractivity contribution in [3.8, 4) is 5.75 Å². The molecule has 186 valence electrons. The number of ether oxygens (including phenoxy) is 1. The Balaban J connectivity index is 0.00000241. The average molecular weight is 529 g/mol. The molecule has 0 radical (unpaired) electrons. The molecule has 0 atom stereocenters. The van der Waals surface area contributed by atoms with E-state index >= 15 is 0 Å². The summed E-state index contributed by atoms with van der Waals surface area (Å²) in [6, 6.07) is 7.80. The van der Waals surface area contributed by atoms with Crippen LogP contribution in [-0.2, 0) is 15.8 Å². The number of benzene rings is 2. The molecular weight excluding hydrogens is 507 g/mol. The predicted octanol–water partition coefficient (Wildman–Crippen LogP) is 0.820. The van der Waals surface area contributed by atoms with Crippen molar-refractivity contribution >= 4 is 42.1 Å². The van der Waals surface area contributed by atoms with Gasteiger partial charge in [-0.1, -0.05) is 0 Å². The van der Waals surface area contributed by atoms with Gasteiger partial charge in [-0.25, -0.2) is 23.3 Å². The second kappa shape index (κ2) is 11.1. The van der Waals surface area contributed by atoms with E-state index in [4.69, 9.17) is 18.9 Å². The molecule has 0 saturated carbocycles. The van der Waals surface area contributed by atoms with E-state index < -0.39 is 26.1 Å². The predicted molar refractivity (Wildman–Crippen MR) is 126 cm³/mol. The first-order valence-corrected chi connectivity index (χ1v) is 11.6. The third-order valence-corrected chi connectivity index (χ3v) is 5.41. The summed E-state index contributed by atoms with van der Waals surface area (Å²) >= 11 is 0. The first kappa shape index (κ1) is 27.8. The number of phosphoric ester groups is 1. The number of anilines is 4. The zero-order valence-corrected chi connectivity index (χ0v) is 22.7. The number of fused-ring (bicyclic) bond motifs is 1. The van der Waals surface area contributed by atoms with Crippen LogP contribution in [0.2, 0.25) is 0 Å². The standard InChI is InChI=1S/C21H21FN5O7P.Na.H/c1-11-6-14(8-17(32-3)18(11)22)25-20-23-9-12(2)19(26-20)24-13-4-5-16-15(7-13)27(21(28)34-16)10-33-35(29,30)31;;/h4-9H,10H2,1-3H3,(H2,29,30,31)(H2,23,24,25,26);;/q;+1;-1. The fraction of sp³-hybridized carbons (Fsp3) is 0.190. The molecule has 0 aliphatic carbocycles. The maximum atomic E-state index is 14.1. The molecule has 0 unspecified atom stereocenters. The molecule has 36 heavy (non-hydrogen) atoms. The van der Waals surface area contributed by atoms with Crippen molar-refractivity contribution in [2.75, 3.05) is 17.7 Å². The molecule has 0 bridgehead atoms. The van der Waals surface area contributed by atoms with Crippen molar-refractivity contribution in [2.24, 2.45) is 0 Å². The number of methoxy groups -OCH3 is 1. The third-order valence-electron chi connectivity index (χ3n) is 4.95. The fourth-order valence-corrected chi connectivity index (χ4v) is 3.51. The Morgan fingerprint density at radius 3 is 2.61 bits per heavy atom. The number of rotatable bonds is 8. The molecule has 0 fully saturated rings. The van der Waals surface area contributed by atoms with Crippen molar-refractivity contribution in [1.29, 1.82) is 0 Å². The van der Waals surface area contributed by atoms with Gasteiger partial charge in [-0.05, 0) is 43.7 Å². The summed E-state index contributed by atoms with van der Waals surface area (Å²) in [4.78, 5) is 38.6. The van der Waals surface area contributed by atoms with Gasteiger partial charge >= 0.3 is 43.1 Å². The van der Waals surface area contributed by atoms with Crippen LogP contribution in [0.1, 0.15) is 12.6 Å². The van der Waals surface area contributed by atoms with E-state index in [0.29, 0.717) is 28.3 Å². The minimum absolute atomic E-state index is 0. The Hall–Kier alpha value is -2.77. The summed E-state index contributed by atoms with van der Waals surface area (Å²) in [5.41, 5.74) is 2.60. The average Bonchev–Trinajstić information content (AvgIpc) is 3.10. The Labute approximate surface area is 227 Å². The van der Waals surface area contributed by atoms with Crippen LogP contribution in [0.4, 0.5) is 27.5 Å². The van der Waals surface area contributed by atoms with Crippen molar-refractivity contribution < 1.29 is 63.4 Å². The number of hydrogen-bond donors (Lipinski definition) is 4. The molecule has 4 N–H and O–H groups in total. The van der Waals surface area contributed by atoms with E-state index in [2.05, 4.69) is 25.1 Å². The maximum Gasteiger partial charge on any atom is 1.00 e. The Morgan fingerprint density at radius 2 is 1.92 bits per heavy atom. The van der Waals surface area contributed by atoms with Crippen molar-refractivity contribution in [1.82, 2.24) is 14.5 Å². The molecule has 2 heterocycles. The van der Waals surface area contributed by atoms with Crippen LogP contribution in [0.15, 0.2) is 45.7 Å². The number of aryl methyl sites for hydroxylation is 2. The van der Waals surface area contributed by atoms with E-state index in [9.17, 15) is 13.8 Å². The topological polar surface area (TPSA) is 161 Å². The van der Waals surface area contributed by atoms with Gasteiger partial charge in [0.15, 0.2) is 17.1 Å². The van der Waals surface area contributed by atoms with Crippen LogP contribution in [0.3, 0.4) is 0 Å². The molecule has 0 aliphatic rings. The van der Waals surface area contributed by atoms with Gasteiger partial charge in [0.1, 0.15) is 12.5 Å². The summed E-state index contributed by atoms with van der Waals surface area (Å²) in [7, 11) is -3.42. The van der Waals surface area contributed by atoms with Gasteiger partial charge < -0.3 is 31.0 Å². The van der Waals surface area contributed by atoms with Gasteiger partial charge in [0.2, 0.25) is 5.95 Å². The minimum Gasteiger partial charge on any atom is -1.00 e. The van der Waals surface area contributed by atoms with E-state index in [-0.39, 0.29) is 53.8 Å². The first-order valence-electron chi connectivity index (χ1n) is 10.1. The molecule has 0 spiro atoms. The van der Waals surface area contributed by atoms with E-state index in [1.807, 2.05) is 0 Å². The van der Waals surface area contributed by atoms with Gasteiger partial charge in [-0.15, -0.1) is 0 Å². The zero-order chi connectivity index (χ0) is 25.3. The van der Waals surface area contributed by atoms with Crippen LogP contribution in [0, 0.1) is 19.7 Å². The molecule has 12 nitrogen and oxygen atoms in total. The number of nitrogens with one attached hydrogen (secondary N) is 2. The second-order valence-corrected chi connectivity index (χ2v) is 8.75. The smallest absolute Gasteiger partial charge is 1.00 e. The SMILES string of the molecule is COc1cc(Nc2ncc(C)c(Nc3ccc4oc(=O)n(COP(=O)(O)O)c4c3)n2)cc(C)c1F.[H-].[Na+]. The minimum atomic E-state index is -4.79. The van der Waals surface area contributed by atoms with E-state index in [1.165, 1.54) is 19.2 Å². The van der Waals surface area contributed by atoms with Crippen LogP contribution < -0.4 is 50.7 Å². The zero-order valence-electron chi connectivity index (χ0n) is 20.8. The van der Waals surface area contributed by atoms with Gasteiger partial charge in [-0.2, -0.15) is 4.98 Å². The summed E-state index contributed by atoms with van der Waals surface area (Å²) in [6.45, 7) is 2.71. The van der Waals surface area contributed by atoms with Crippen molar-refractivity contribution in [2.45, 2.75) is 20.6 Å². The third kappa shape index (κ3) is 6.31. The summed E-state index contributed by atoms with van der Waals surface area (Å²) < 4.78 is 40.6. The molecule has 2 aromatic heterocycles. The largest absolute Gasteiger partial charge is 1.00 e. The van der Waals surface area contributed by atoms with Crippen molar-refractivity contribution in [3.63, 3.8) is 0 Å². The Bertz CT molecular complexity index is 1530. The quantitative estimate of drug-likeness (QED) is 0.189. The molecule has 15 heteroatoms. The second-order valence-electron chi connectivity index (χ2n) is 7.51. The molecular formula is C21H22FN5NaO7P. The summed E-state index contributed by atoms with van der Waals surface area (Å²) in [6.07, 6.45) is 1.59. The normalized spacial score (nSPS) is 11.3. The summed E-state index contributed by atoms with van der Waals surface area (Å²) in [5, 5.41) is 6.13. The number of hydrogen-bond acceptors (Lipinski definition) is 9. The van der Waals surface area contributed by atoms with Crippen molar-refractivity contribution in [3.05, 3.63) is 64.0 Å². The molecule has 0 saturated heterocycles. The monoisotopic (exact) mass is 529 g/mol. The van der Waals surface area contributed by atoms with Crippen LogP contribution in [0.25, 0.3) is 11.1 Å². The van der Waals surface area contributed by atoms with Gasteiger partial charge in [-0.3, -0.25) is 4.52 Å². The molecule has 0 aliphatic heterocycles. The fourth-order valence-electron chi connectivity index (χ4n) is 3.25. The molecule has 2 aromatic carbocycles. The molecule has 4 aromatic rings. The van der Waals surface area contributed by atoms with E-state index in [1.54, 1.807) is 38.2 Å². The summed E-state index contributed by atoms with van der Waals surface area (Å²) in [5.74, 6) is -0.524. The number of halogens is 1.